The van der Waals surface area contributed by atoms with Gasteiger partial charge in [0.2, 0.25) is 0 Å². The summed E-state index contributed by atoms with van der Waals surface area (Å²) in [5, 5.41) is 0. The van der Waals surface area contributed by atoms with Crippen molar-refractivity contribution in [1.82, 2.24) is 0 Å². The first-order valence-electron chi connectivity index (χ1n) is 12.9. The molecule has 4 heteroatoms. The number of ether oxygens (including phenoxy) is 2. The maximum Gasteiger partial charge on any atom is 0.314 e. The maximum absolute atomic E-state index is 14.1. The molecule has 3 saturated carbocycles. The Morgan fingerprint density at radius 3 is 2.36 bits per heavy atom. The average Bonchev–Trinajstić information content (AvgIpc) is 2.83. The van der Waals surface area contributed by atoms with Crippen molar-refractivity contribution in [2.45, 2.75) is 71.1 Å². The van der Waals surface area contributed by atoms with Crippen LogP contribution in [0.25, 0.3) is 0 Å². The van der Waals surface area contributed by atoms with Crippen molar-refractivity contribution in [3.63, 3.8) is 0 Å². The number of hydrogen-bond donors (Lipinski definition) is 0. The molecule has 0 aromatic heterocycles. The van der Waals surface area contributed by atoms with Crippen LogP contribution in [0, 0.1) is 41.3 Å². The fourth-order valence-electron chi connectivity index (χ4n) is 6.67. The molecule has 0 saturated heterocycles. The lowest BCUT2D eigenvalue weighted by Gasteiger charge is -2.45. The van der Waals surface area contributed by atoms with Crippen molar-refractivity contribution in [1.29, 1.82) is 0 Å². The molecular weight excluding hydrogens is 415 g/mol. The second kappa shape index (κ2) is 11.4. The van der Waals surface area contributed by atoms with Crippen molar-refractivity contribution < 1.29 is 18.7 Å². The van der Waals surface area contributed by atoms with Crippen molar-refractivity contribution in [2.24, 2.45) is 35.5 Å². The Balaban J connectivity index is 1.23. The number of halogens is 1. The number of rotatable bonds is 7. The van der Waals surface area contributed by atoms with E-state index in [1.54, 1.807) is 12.1 Å². The molecule has 4 atom stereocenters. The number of esters is 1. The quantitative estimate of drug-likeness (QED) is 0.243. The van der Waals surface area contributed by atoms with Crippen LogP contribution >= 0.6 is 0 Å². The molecule has 33 heavy (non-hydrogen) atoms. The summed E-state index contributed by atoms with van der Waals surface area (Å²) >= 11 is 0. The molecule has 0 radical (unpaired) electrons. The van der Waals surface area contributed by atoms with E-state index in [2.05, 4.69) is 25.7 Å². The van der Waals surface area contributed by atoms with Crippen LogP contribution in [0.4, 0.5) is 4.39 Å². The normalized spacial score (nSPS) is 32.2. The zero-order valence-electron chi connectivity index (χ0n) is 20.0. The van der Waals surface area contributed by atoms with E-state index < -0.39 is 5.82 Å². The highest BCUT2D eigenvalue weighted by atomic mass is 19.1. The van der Waals surface area contributed by atoms with E-state index in [9.17, 15) is 9.18 Å². The third-order valence-electron chi connectivity index (χ3n) is 8.41. The molecule has 1 aromatic carbocycles. The van der Waals surface area contributed by atoms with Gasteiger partial charge in [-0.25, -0.2) is 4.39 Å². The van der Waals surface area contributed by atoms with Crippen LogP contribution in [0.2, 0.25) is 0 Å². The second-order valence-electron chi connectivity index (χ2n) is 10.4. The summed E-state index contributed by atoms with van der Waals surface area (Å²) < 4.78 is 24.9. The molecule has 4 unspecified atom stereocenters. The van der Waals surface area contributed by atoms with E-state index in [4.69, 9.17) is 9.47 Å². The molecule has 0 bridgehead atoms. The number of carbonyl (C=O) groups is 1. The molecule has 4 rings (SSSR count). The van der Waals surface area contributed by atoms with E-state index in [1.807, 2.05) is 0 Å². The zero-order valence-corrected chi connectivity index (χ0v) is 20.0. The first kappa shape index (κ1) is 24.0. The molecule has 180 valence electrons. The monoisotopic (exact) mass is 454 g/mol. The number of allylic oxidation sites excluding steroid dienone is 2. The van der Waals surface area contributed by atoms with E-state index in [1.165, 1.54) is 50.7 Å². The zero-order chi connectivity index (χ0) is 23.2. The molecule has 0 amide bonds. The lowest BCUT2D eigenvalue weighted by atomic mass is 9.61. The Morgan fingerprint density at radius 1 is 1.00 bits per heavy atom. The molecule has 1 aromatic rings. The van der Waals surface area contributed by atoms with E-state index in [-0.39, 0.29) is 30.0 Å². The van der Waals surface area contributed by atoms with Crippen LogP contribution in [-0.2, 0) is 4.79 Å². The van der Waals surface area contributed by atoms with Gasteiger partial charge in [-0.1, -0.05) is 24.8 Å². The smallest absolute Gasteiger partial charge is 0.314 e. The Hall–Kier alpha value is -2.10. The third kappa shape index (κ3) is 6.07. The lowest BCUT2D eigenvalue weighted by molar-refractivity contribution is -0.140. The lowest BCUT2D eigenvalue weighted by Crippen LogP contribution is -2.35. The topological polar surface area (TPSA) is 35.5 Å². The molecule has 0 spiro atoms. The van der Waals surface area contributed by atoms with E-state index >= 15 is 0 Å². The standard InChI is InChI=1S/C29H39FO3/c1-3-5-20-6-7-25-18-24(13-12-23(25)17-20)21-8-10-22(11-9-21)29(31)33-26-14-15-28(27(30)19-26)32-16-4-2/h3-5,14-15,19-25H,2,6-13,16-18H2,1H3/b5-3+. The molecule has 0 heterocycles. The highest BCUT2D eigenvalue weighted by Gasteiger charge is 2.39. The number of carbonyl (C=O) groups excluding carboxylic acids is 1. The van der Waals surface area contributed by atoms with Crippen LogP contribution in [0.5, 0.6) is 11.5 Å². The molecular formula is C29H39FO3. The Bertz CT molecular complexity index is 839. The molecule has 0 N–H and O–H groups in total. The number of benzene rings is 1. The summed E-state index contributed by atoms with van der Waals surface area (Å²) in [6.07, 6.45) is 18.5. The van der Waals surface area contributed by atoms with Gasteiger partial charge in [0.25, 0.3) is 0 Å². The summed E-state index contributed by atoms with van der Waals surface area (Å²) in [6.45, 7) is 5.93. The minimum atomic E-state index is -0.527. The van der Waals surface area contributed by atoms with Gasteiger partial charge in [-0.2, -0.15) is 0 Å². The average molecular weight is 455 g/mol. The van der Waals surface area contributed by atoms with Crippen LogP contribution in [0.15, 0.2) is 43.0 Å². The van der Waals surface area contributed by atoms with Gasteiger partial charge in [0.05, 0.1) is 5.92 Å². The Kier molecular flexibility index (Phi) is 8.27. The maximum atomic E-state index is 14.1. The van der Waals surface area contributed by atoms with Gasteiger partial charge in [-0.15, -0.1) is 0 Å². The molecule has 3 fully saturated rings. The number of fused-ring (bicyclic) bond motifs is 1. The van der Waals surface area contributed by atoms with Crippen molar-refractivity contribution in [2.75, 3.05) is 6.61 Å². The first-order chi connectivity index (χ1) is 16.1. The highest BCUT2D eigenvalue weighted by molar-refractivity contribution is 5.75. The molecule has 0 aliphatic heterocycles. The summed E-state index contributed by atoms with van der Waals surface area (Å²) in [4.78, 5) is 12.7. The summed E-state index contributed by atoms with van der Waals surface area (Å²) in [7, 11) is 0. The van der Waals surface area contributed by atoms with Crippen LogP contribution in [-0.4, -0.2) is 12.6 Å². The van der Waals surface area contributed by atoms with Crippen LogP contribution in [0.3, 0.4) is 0 Å². The molecule has 3 aliphatic rings. The van der Waals surface area contributed by atoms with Crippen molar-refractivity contribution in [3.05, 3.63) is 48.8 Å². The summed E-state index contributed by atoms with van der Waals surface area (Å²) in [6, 6.07) is 4.32. The minimum absolute atomic E-state index is 0.0754. The Labute approximate surface area is 198 Å². The predicted molar refractivity (Wildman–Crippen MR) is 130 cm³/mol. The summed E-state index contributed by atoms with van der Waals surface area (Å²) in [5.74, 6) is 3.79. The van der Waals surface area contributed by atoms with Crippen molar-refractivity contribution in [3.8, 4) is 11.5 Å². The van der Waals surface area contributed by atoms with Crippen LogP contribution < -0.4 is 9.47 Å². The van der Waals surface area contributed by atoms with E-state index in [0.29, 0.717) is 0 Å². The van der Waals surface area contributed by atoms with Gasteiger partial charge in [-0.3, -0.25) is 4.79 Å². The fourth-order valence-corrected chi connectivity index (χ4v) is 6.67. The van der Waals surface area contributed by atoms with Gasteiger partial charge >= 0.3 is 5.97 Å². The van der Waals surface area contributed by atoms with Crippen molar-refractivity contribution >= 4 is 5.97 Å². The molecule has 3 aliphatic carbocycles. The molecule has 3 nitrogen and oxygen atoms in total. The number of hydrogen-bond acceptors (Lipinski definition) is 3. The Morgan fingerprint density at radius 2 is 1.67 bits per heavy atom. The van der Waals surface area contributed by atoms with Crippen LogP contribution in [0.1, 0.15) is 71.1 Å². The second-order valence-corrected chi connectivity index (χ2v) is 10.4. The summed E-state index contributed by atoms with van der Waals surface area (Å²) in [5.41, 5.74) is 0. The highest BCUT2D eigenvalue weighted by Crippen LogP contribution is 2.49. The first-order valence-corrected chi connectivity index (χ1v) is 12.9. The largest absolute Gasteiger partial charge is 0.486 e. The van der Waals surface area contributed by atoms with E-state index in [0.717, 1.165) is 55.3 Å². The minimum Gasteiger partial charge on any atom is -0.486 e. The fraction of sp³-hybridized carbons (Fsp3) is 0.621. The van der Waals surface area contributed by atoms with Gasteiger partial charge in [0.1, 0.15) is 12.4 Å². The van der Waals surface area contributed by atoms with Gasteiger partial charge in [0.15, 0.2) is 11.6 Å². The van der Waals surface area contributed by atoms with Gasteiger partial charge < -0.3 is 9.47 Å². The van der Waals surface area contributed by atoms with Gasteiger partial charge in [-0.05, 0) is 113 Å². The predicted octanol–water partition coefficient (Wildman–Crippen LogP) is 7.51. The SMILES string of the molecule is C=CCOc1ccc(OC(=O)C2CCC(C3CCC4CC(/C=C/C)CCC4C3)CC2)cc1F. The third-order valence-corrected chi connectivity index (χ3v) is 8.41. The van der Waals surface area contributed by atoms with Gasteiger partial charge in [0, 0.05) is 6.07 Å².